The summed E-state index contributed by atoms with van der Waals surface area (Å²) in [4.78, 5) is 4.67. The molecule has 6 heteroatoms. The first-order valence-corrected chi connectivity index (χ1v) is 6.68. The Hall–Kier alpha value is -1.43. The summed E-state index contributed by atoms with van der Waals surface area (Å²) in [5.74, 6) is 1.73. The highest BCUT2D eigenvalue weighted by molar-refractivity contribution is 7.10. The van der Waals surface area contributed by atoms with Gasteiger partial charge in [-0.3, -0.25) is 0 Å². The maximum Gasteiger partial charge on any atom is 0.163 e. The number of rotatable bonds is 2. The lowest BCUT2D eigenvalue weighted by molar-refractivity contribution is 0.538. The summed E-state index contributed by atoms with van der Waals surface area (Å²) >= 11 is 1.45. The molecule has 18 heavy (non-hydrogen) atoms. The van der Waals surface area contributed by atoms with Crippen LogP contribution in [0.25, 0.3) is 11.4 Å². The Bertz CT molecular complexity index is 562. The zero-order valence-corrected chi connectivity index (χ0v) is 12.5. The summed E-state index contributed by atoms with van der Waals surface area (Å²) in [6, 6.07) is 0. The molecule has 0 spiro atoms. The SMILES string of the molecule is CNc1snc(C)c1-c1nc(C(C)(C)C)nn1C. The van der Waals surface area contributed by atoms with E-state index in [4.69, 9.17) is 0 Å². The van der Waals surface area contributed by atoms with Gasteiger partial charge in [0.05, 0.1) is 11.3 Å². The maximum absolute atomic E-state index is 4.67. The van der Waals surface area contributed by atoms with Crippen LogP contribution in [0.4, 0.5) is 5.00 Å². The fourth-order valence-electron chi connectivity index (χ4n) is 1.72. The van der Waals surface area contributed by atoms with Crippen molar-refractivity contribution in [2.24, 2.45) is 7.05 Å². The molecule has 0 aliphatic carbocycles. The second-order valence-corrected chi connectivity index (χ2v) is 6.13. The van der Waals surface area contributed by atoms with Gasteiger partial charge in [0.15, 0.2) is 11.6 Å². The van der Waals surface area contributed by atoms with Gasteiger partial charge >= 0.3 is 0 Å². The van der Waals surface area contributed by atoms with Crippen LogP contribution >= 0.6 is 11.5 Å². The normalized spacial score (nSPS) is 11.9. The second-order valence-electron chi connectivity index (χ2n) is 5.35. The molecule has 0 aliphatic heterocycles. The van der Waals surface area contributed by atoms with Crippen molar-refractivity contribution in [3.05, 3.63) is 11.5 Å². The van der Waals surface area contributed by atoms with E-state index in [0.717, 1.165) is 27.9 Å². The Morgan fingerprint density at radius 1 is 1.28 bits per heavy atom. The average molecular weight is 265 g/mol. The number of aromatic nitrogens is 4. The molecule has 0 fully saturated rings. The molecule has 0 saturated carbocycles. The molecule has 5 nitrogen and oxygen atoms in total. The molecule has 0 saturated heterocycles. The molecule has 0 radical (unpaired) electrons. The van der Waals surface area contributed by atoms with Gasteiger partial charge in [-0.2, -0.15) is 9.47 Å². The Kier molecular flexibility index (Phi) is 3.14. The third kappa shape index (κ3) is 2.12. The summed E-state index contributed by atoms with van der Waals surface area (Å²) < 4.78 is 6.21. The number of hydrogen-bond donors (Lipinski definition) is 1. The van der Waals surface area contributed by atoms with Crippen LogP contribution in [0.15, 0.2) is 0 Å². The first-order valence-electron chi connectivity index (χ1n) is 5.90. The minimum Gasteiger partial charge on any atom is -0.378 e. The molecule has 2 aromatic rings. The van der Waals surface area contributed by atoms with Crippen molar-refractivity contribution in [1.82, 2.24) is 19.1 Å². The molecule has 1 N–H and O–H groups in total. The standard InChI is InChI=1S/C12H19N5S/c1-7-8(10(13-5)18-16-7)9-14-11(12(2,3)4)15-17(9)6/h13H,1-6H3. The van der Waals surface area contributed by atoms with Crippen molar-refractivity contribution < 1.29 is 0 Å². The molecule has 2 heterocycles. The van der Waals surface area contributed by atoms with Crippen LogP contribution in [0.1, 0.15) is 32.3 Å². The van der Waals surface area contributed by atoms with Crippen molar-refractivity contribution in [1.29, 1.82) is 0 Å². The van der Waals surface area contributed by atoms with Gasteiger partial charge in [0.1, 0.15) is 5.00 Å². The number of nitrogens with one attached hydrogen (secondary N) is 1. The fourth-order valence-corrected chi connectivity index (χ4v) is 2.46. The number of aryl methyl sites for hydroxylation is 2. The summed E-state index contributed by atoms with van der Waals surface area (Å²) in [5.41, 5.74) is 1.99. The largest absolute Gasteiger partial charge is 0.378 e. The van der Waals surface area contributed by atoms with E-state index in [-0.39, 0.29) is 5.41 Å². The van der Waals surface area contributed by atoms with Gasteiger partial charge in [0.25, 0.3) is 0 Å². The third-order valence-electron chi connectivity index (χ3n) is 2.75. The van der Waals surface area contributed by atoms with Gasteiger partial charge in [0.2, 0.25) is 0 Å². The van der Waals surface area contributed by atoms with Gasteiger partial charge in [-0.25, -0.2) is 9.67 Å². The van der Waals surface area contributed by atoms with Crippen LogP contribution in [0.3, 0.4) is 0 Å². The van der Waals surface area contributed by atoms with E-state index in [1.165, 1.54) is 11.5 Å². The average Bonchev–Trinajstić information content (AvgIpc) is 2.81. The monoisotopic (exact) mass is 265 g/mol. The number of nitrogens with zero attached hydrogens (tertiary/aromatic N) is 4. The van der Waals surface area contributed by atoms with E-state index in [1.807, 2.05) is 25.7 Å². The molecule has 0 bridgehead atoms. The molecule has 98 valence electrons. The summed E-state index contributed by atoms with van der Waals surface area (Å²) in [6.07, 6.45) is 0. The lowest BCUT2D eigenvalue weighted by atomic mass is 9.96. The lowest BCUT2D eigenvalue weighted by Crippen LogP contribution is -2.13. The van der Waals surface area contributed by atoms with Crippen LogP contribution < -0.4 is 5.32 Å². The summed E-state index contributed by atoms with van der Waals surface area (Å²) in [7, 11) is 3.83. The van der Waals surface area contributed by atoms with Crippen LogP contribution in [-0.2, 0) is 12.5 Å². The van der Waals surface area contributed by atoms with E-state index in [9.17, 15) is 0 Å². The molecule has 0 amide bonds. The van der Waals surface area contributed by atoms with Gasteiger partial charge in [-0.1, -0.05) is 20.8 Å². The molecule has 0 aromatic carbocycles. The summed E-state index contributed by atoms with van der Waals surface area (Å²) in [6.45, 7) is 8.34. The number of hydrogen-bond acceptors (Lipinski definition) is 5. The molecule has 2 aromatic heterocycles. The highest BCUT2D eigenvalue weighted by atomic mass is 32.1. The van der Waals surface area contributed by atoms with Gasteiger partial charge in [0, 0.05) is 19.5 Å². The van der Waals surface area contributed by atoms with Gasteiger partial charge in [-0.15, -0.1) is 0 Å². The predicted octanol–water partition coefficient (Wildman–Crippen LogP) is 2.59. The van der Waals surface area contributed by atoms with Crippen molar-refractivity contribution in [3.63, 3.8) is 0 Å². The first-order chi connectivity index (χ1) is 8.34. The van der Waals surface area contributed by atoms with E-state index in [1.54, 1.807) is 0 Å². The fraction of sp³-hybridized carbons (Fsp3) is 0.583. The Morgan fingerprint density at radius 3 is 2.44 bits per heavy atom. The third-order valence-corrected chi connectivity index (χ3v) is 3.70. The van der Waals surface area contributed by atoms with Crippen LogP contribution in [-0.4, -0.2) is 26.2 Å². The van der Waals surface area contributed by atoms with Crippen molar-refractivity contribution in [2.45, 2.75) is 33.1 Å². The molecule has 2 rings (SSSR count). The minimum absolute atomic E-state index is 0.0484. The van der Waals surface area contributed by atoms with Crippen molar-refractivity contribution in [2.75, 3.05) is 12.4 Å². The first kappa shape index (κ1) is 13.0. The van der Waals surface area contributed by atoms with E-state index < -0.39 is 0 Å². The number of anilines is 1. The van der Waals surface area contributed by atoms with E-state index in [0.29, 0.717) is 0 Å². The smallest absolute Gasteiger partial charge is 0.163 e. The molecule has 0 aliphatic rings. The molecular formula is C12H19N5S. The zero-order chi connectivity index (χ0) is 13.5. The maximum atomic E-state index is 4.67. The highest BCUT2D eigenvalue weighted by Gasteiger charge is 2.24. The van der Waals surface area contributed by atoms with Gasteiger partial charge in [-0.05, 0) is 18.5 Å². The Morgan fingerprint density at radius 2 is 1.94 bits per heavy atom. The molecular weight excluding hydrogens is 246 g/mol. The quantitative estimate of drug-likeness (QED) is 0.906. The van der Waals surface area contributed by atoms with Crippen LogP contribution in [0.2, 0.25) is 0 Å². The molecule has 0 unspecified atom stereocenters. The van der Waals surface area contributed by atoms with Crippen molar-refractivity contribution in [3.8, 4) is 11.4 Å². The van der Waals surface area contributed by atoms with E-state index >= 15 is 0 Å². The second kappa shape index (κ2) is 4.35. The topological polar surface area (TPSA) is 55.6 Å². The lowest BCUT2D eigenvalue weighted by Gasteiger charge is -2.12. The van der Waals surface area contributed by atoms with Crippen LogP contribution in [0, 0.1) is 6.92 Å². The van der Waals surface area contributed by atoms with Crippen LogP contribution in [0.5, 0.6) is 0 Å². The zero-order valence-electron chi connectivity index (χ0n) is 11.7. The predicted molar refractivity (Wildman–Crippen MR) is 75.1 cm³/mol. The Labute approximate surface area is 111 Å². The highest BCUT2D eigenvalue weighted by Crippen LogP contribution is 2.34. The molecule has 0 atom stereocenters. The minimum atomic E-state index is -0.0484. The Balaban J connectivity index is 2.58. The van der Waals surface area contributed by atoms with E-state index in [2.05, 4.69) is 40.5 Å². The van der Waals surface area contributed by atoms with Crippen molar-refractivity contribution >= 4 is 16.5 Å². The van der Waals surface area contributed by atoms with Gasteiger partial charge < -0.3 is 5.32 Å². The summed E-state index contributed by atoms with van der Waals surface area (Å²) in [5, 5.41) is 8.71.